The van der Waals surface area contributed by atoms with Gasteiger partial charge in [0.15, 0.2) is 0 Å². The Morgan fingerprint density at radius 2 is 1.94 bits per heavy atom. The van der Waals surface area contributed by atoms with Gasteiger partial charge in [0.2, 0.25) is 0 Å². The molecule has 0 aromatic heterocycles. The van der Waals surface area contributed by atoms with Crippen molar-refractivity contribution in [3.05, 3.63) is 34.9 Å². The summed E-state index contributed by atoms with van der Waals surface area (Å²) in [6.07, 6.45) is 5.00. The lowest BCUT2D eigenvalue weighted by Gasteiger charge is -2.29. The molecule has 2 atom stereocenters. The molecular formula is C16H22O. The van der Waals surface area contributed by atoms with Crippen LogP contribution in [0.3, 0.4) is 0 Å². The van der Waals surface area contributed by atoms with Crippen LogP contribution in [0, 0.1) is 31.1 Å². The van der Waals surface area contributed by atoms with Gasteiger partial charge >= 0.3 is 0 Å². The van der Waals surface area contributed by atoms with Crippen molar-refractivity contribution in [3.63, 3.8) is 0 Å². The van der Waals surface area contributed by atoms with Gasteiger partial charge in [-0.3, -0.25) is 0 Å². The van der Waals surface area contributed by atoms with Crippen molar-refractivity contribution in [3.8, 4) is 0 Å². The number of aliphatic hydroxyl groups is 1. The summed E-state index contributed by atoms with van der Waals surface area (Å²) in [6, 6.07) is 6.69. The highest BCUT2D eigenvalue weighted by atomic mass is 16.3. The summed E-state index contributed by atoms with van der Waals surface area (Å²) >= 11 is 0. The molecule has 0 spiro atoms. The van der Waals surface area contributed by atoms with Gasteiger partial charge in [0.05, 0.1) is 0 Å². The second-order valence-electron chi connectivity index (χ2n) is 6.43. The lowest BCUT2D eigenvalue weighted by atomic mass is 9.77. The van der Waals surface area contributed by atoms with Crippen LogP contribution < -0.4 is 0 Å². The SMILES string of the molecule is Cc1ccc(C)c(CC2(CO)CC3CC3C2)c1. The van der Waals surface area contributed by atoms with E-state index in [4.69, 9.17) is 0 Å². The number of fused-ring (bicyclic) bond motifs is 1. The van der Waals surface area contributed by atoms with Gasteiger partial charge in [0.25, 0.3) is 0 Å². The third-order valence-electron chi connectivity index (χ3n) is 4.86. The molecule has 3 rings (SSSR count). The molecule has 0 bridgehead atoms. The highest BCUT2D eigenvalue weighted by molar-refractivity contribution is 5.32. The predicted molar refractivity (Wildman–Crippen MR) is 70.0 cm³/mol. The minimum Gasteiger partial charge on any atom is -0.396 e. The predicted octanol–water partition coefficient (Wildman–Crippen LogP) is 3.25. The molecule has 2 fully saturated rings. The number of benzene rings is 1. The van der Waals surface area contributed by atoms with E-state index in [2.05, 4.69) is 32.0 Å². The normalized spacial score (nSPS) is 34.8. The topological polar surface area (TPSA) is 20.2 Å². The van der Waals surface area contributed by atoms with E-state index in [9.17, 15) is 5.11 Å². The van der Waals surface area contributed by atoms with Crippen molar-refractivity contribution in [2.75, 3.05) is 6.61 Å². The van der Waals surface area contributed by atoms with Crippen LogP contribution in [-0.4, -0.2) is 11.7 Å². The smallest absolute Gasteiger partial charge is 0.0490 e. The van der Waals surface area contributed by atoms with E-state index in [-0.39, 0.29) is 5.41 Å². The summed E-state index contributed by atoms with van der Waals surface area (Å²) in [7, 11) is 0. The molecule has 1 heteroatoms. The number of aryl methyl sites for hydroxylation is 2. The maximum atomic E-state index is 9.78. The van der Waals surface area contributed by atoms with E-state index in [1.54, 1.807) is 0 Å². The minimum absolute atomic E-state index is 0.201. The van der Waals surface area contributed by atoms with Gasteiger partial charge in [0, 0.05) is 6.61 Å². The van der Waals surface area contributed by atoms with Crippen LogP contribution in [0.1, 0.15) is 36.0 Å². The summed E-state index contributed by atoms with van der Waals surface area (Å²) in [4.78, 5) is 0. The van der Waals surface area contributed by atoms with Crippen LogP contribution in [0.2, 0.25) is 0 Å². The maximum Gasteiger partial charge on any atom is 0.0490 e. The summed E-state index contributed by atoms with van der Waals surface area (Å²) in [6.45, 7) is 4.71. The second kappa shape index (κ2) is 3.84. The van der Waals surface area contributed by atoms with Crippen molar-refractivity contribution < 1.29 is 5.11 Å². The molecular weight excluding hydrogens is 208 g/mol. The van der Waals surface area contributed by atoms with Gasteiger partial charge in [-0.05, 0) is 67.9 Å². The molecule has 0 radical (unpaired) electrons. The van der Waals surface area contributed by atoms with Crippen LogP contribution in [0.25, 0.3) is 0 Å². The second-order valence-corrected chi connectivity index (χ2v) is 6.43. The largest absolute Gasteiger partial charge is 0.396 e. The van der Waals surface area contributed by atoms with Gasteiger partial charge in [-0.25, -0.2) is 0 Å². The first-order valence-corrected chi connectivity index (χ1v) is 6.79. The van der Waals surface area contributed by atoms with E-state index < -0.39 is 0 Å². The lowest BCUT2D eigenvalue weighted by Crippen LogP contribution is -2.26. The third kappa shape index (κ3) is 2.01. The van der Waals surface area contributed by atoms with Crippen LogP contribution in [0.5, 0.6) is 0 Å². The van der Waals surface area contributed by atoms with Crippen molar-refractivity contribution >= 4 is 0 Å². The minimum atomic E-state index is 0.201. The zero-order chi connectivity index (χ0) is 12.0. The Kier molecular flexibility index (Phi) is 2.55. The molecule has 2 aliphatic rings. The van der Waals surface area contributed by atoms with Crippen molar-refractivity contribution in [2.24, 2.45) is 17.3 Å². The fraction of sp³-hybridized carbons (Fsp3) is 0.625. The van der Waals surface area contributed by atoms with Gasteiger partial charge in [-0.2, -0.15) is 0 Å². The first kappa shape index (κ1) is 11.3. The number of rotatable bonds is 3. The molecule has 0 heterocycles. The Balaban J connectivity index is 1.83. The van der Waals surface area contributed by atoms with Gasteiger partial charge in [0.1, 0.15) is 0 Å². The Morgan fingerprint density at radius 3 is 2.59 bits per heavy atom. The average molecular weight is 230 g/mol. The first-order chi connectivity index (χ1) is 8.12. The van der Waals surface area contributed by atoms with Crippen LogP contribution >= 0.6 is 0 Å². The third-order valence-corrected chi connectivity index (χ3v) is 4.86. The van der Waals surface area contributed by atoms with Crippen molar-refractivity contribution in [1.82, 2.24) is 0 Å². The lowest BCUT2D eigenvalue weighted by molar-refractivity contribution is 0.117. The molecule has 0 aliphatic heterocycles. The van der Waals surface area contributed by atoms with Gasteiger partial charge in [-0.1, -0.05) is 23.8 Å². The quantitative estimate of drug-likeness (QED) is 0.845. The molecule has 17 heavy (non-hydrogen) atoms. The molecule has 1 N–H and O–H groups in total. The molecule has 1 aromatic carbocycles. The van der Waals surface area contributed by atoms with Crippen molar-refractivity contribution in [1.29, 1.82) is 0 Å². The van der Waals surface area contributed by atoms with E-state index in [1.807, 2.05) is 0 Å². The van der Waals surface area contributed by atoms with Crippen molar-refractivity contribution in [2.45, 2.75) is 39.5 Å². The molecule has 2 unspecified atom stereocenters. The van der Waals surface area contributed by atoms with E-state index in [1.165, 1.54) is 36.0 Å². The van der Waals surface area contributed by atoms with E-state index in [0.29, 0.717) is 6.61 Å². The average Bonchev–Trinajstić information content (AvgIpc) is 2.92. The number of hydrogen-bond acceptors (Lipinski definition) is 1. The summed E-state index contributed by atoms with van der Waals surface area (Å²) < 4.78 is 0. The summed E-state index contributed by atoms with van der Waals surface area (Å²) in [5, 5.41) is 9.78. The Bertz CT molecular complexity index is 425. The monoisotopic (exact) mass is 230 g/mol. The van der Waals surface area contributed by atoms with Gasteiger partial charge in [-0.15, -0.1) is 0 Å². The zero-order valence-corrected chi connectivity index (χ0v) is 10.9. The first-order valence-electron chi connectivity index (χ1n) is 6.79. The Hall–Kier alpha value is -0.820. The van der Waals surface area contributed by atoms with E-state index in [0.717, 1.165) is 18.3 Å². The van der Waals surface area contributed by atoms with Crippen LogP contribution in [0.4, 0.5) is 0 Å². The van der Waals surface area contributed by atoms with E-state index >= 15 is 0 Å². The highest BCUT2D eigenvalue weighted by Crippen LogP contribution is 2.60. The van der Waals surface area contributed by atoms with Gasteiger partial charge < -0.3 is 5.11 Å². The molecule has 0 saturated heterocycles. The number of aliphatic hydroxyl groups excluding tert-OH is 1. The standard InChI is InChI=1S/C16H22O/c1-11-3-4-12(2)13(5-11)7-16(10-17)8-14-6-15(14)9-16/h3-5,14-15,17H,6-10H2,1-2H3. The molecule has 1 nitrogen and oxygen atoms in total. The highest BCUT2D eigenvalue weighted by Gasteiger charge is 2.53. The molecule has 92 valence electrons. The Labute approximate surface area is 104 Å². The van der Waals surface area contributed by atoms with Crippen LogP contribution in [-0.2, 0) is 6.42 Å². The zero-order valence-electron chi connectivity index (χ0n) is 10.9. The summed E-state index contributed by atoms with van der Waals surface area (Å²) in [5.74, 6) is 1.87. The molecule has 2 aliphatic carbocycles. The maximum absolute atomic E-state index is 9.78. The molecule has 1 aromatic rings. The molecule has 2 saturated carbocycles. The summed E-state index contributed by atoms with van der Waals surface area (Å²) in [5.41, 5.74) is 4.36. The van der Waals surface area contributed by atoms with Crippen LogP contribution in [0.15, 0.2) is 18.2 Å². The molecule has 0 amide bonds. The fourth-order valence-electron chi connectivity index (χ4n) is 3.73. The fourth-order valence-corrected chi connectivity index (χ4v) is 3.73. The number of hydrogen-bond donors (Lipinski definition) is 1. The Morgan fingerprint density at radius 1 is 1.24 bits per heavy atom.